The summed E-state index contributed by atoms with van der Waals surface area (Å²) < 4.78 is 10.5. The molecule has 6 nitrogen and oxygen atoms in total. The van der Waals surface area contributed by atoms with Crippen LogP contribution in [-0.4, -0.2) is 47.4 Å². The van der Waals surface area contributed by atoms with Gasteiger partial charge in [0.15, 0.2) is 0 Å². The second-order valence-corrected chi connectivity index (χ2v) is 11.1. The summed E-state index contributed by atoms with van der Waals surface area (Å²) in [6, 6.07) is 20.6. The van der Waals surface area contributed by atoms with Gasteiger partial charge in [0.25, 0.3) is 0 Å². The number of aliphatic hydroxyl groups is 1. The molecule has 3 aromatic rings. The fourth-order valence-electron chi connectivity index (χ4n) is 4.80. The van der Waals surface area contributed by atoms with Crippen molar-refractivity contribution in [1.82, 2.24) is 4.90 Å². The summed E-state index contributed by atoms with van der Waals surface area (Å²) in [6.07, 6.45) is 0.879. The van der Waals surface area contributed by atoms with E-state index < -0.39 is 17.8 Å². The molecule has 3 aromatic carbocycles. The molecule has 1 N–H and O–H groups in total. The van der Waals surface area contributed by atoms with Crippen molar-refractivity contribution in [3.63, 3.8) is 0 Å². The largest absolute Gasteiger partial charge is 0.465 e. The molecule has 4 rings (SSSR count). The third-order valence-corrected chi connectivity index (χ3v) is 6.95. The van der Waals surface area contributed by atoms with Gasteiger partial charge in [0.2, 0.25) is 0 Å². The van der Waals surface area contributed by atoms with Gasteiger partial charge < -0.3 is 19.5 Å². The van der Waals surface area contributed by atoms with E-state index in [1.807, 2.05) is 32.9 Å². The molecule has 0 fully saturated rings. The van der Waals surface area contributed by atoms with Crippen molar-refractivity contribution in [2.24, 2.45) is 0 Å². The lowest BCUT2D eigenvalue weighted by Crippen LogP contribution is -2.47. The van der Waals surface area contributed by atoms with E-state index in [-0.39, 0.29) is 18.6 Å². The Morgan fingerprint density at radius 2 is 1.74 bits per heavy atom. The van der Waals surface area contributed by atoms with Gasteiger partial charge >= 0.3 is 12.1 Å². The molecule has 0 bridgehead atoms. The number of benzene rings is 3. The first-order chi connectivity index (χ1) is 18.0. The van der Waals surface area contributed by atoms with Crippen molar-refractivity contribution in [1.29, 1.82) is 0 Å². The number of nitrogens with zero attached hydrogens (tertiary/aromatic N) is 1. The second kappa shape index (κ2) is 11.6. The highest BCUT2D eigenvalue weighted by Gasteiger charge is 2.33. The van der Waals surface area contributed by atoms with Crippen LogP contribution in [0.1, 0.15) is 60.3 Å². The number of fused-ring (bicyclic) bond motifs is 1. The summed E-state index contributed by atoms with van der Waals surface area (Å²) in [4.78, 5) is 26.8. The van der Waals surface area contributed by atoms with Crippen LogP contribution in [0.15, 0.2) is 66.7 Å². The number of carbonyl (C=O) groups is 2. The zero-order valence-electron chi connectivity index (χ0n) is 22.2. The fraction of sp³-hybridized carbons (Fsp3) is 0.355. The summed E-state index contributed by atoms with van der Waals surface area (Å²) >= 11 is 6.14. The zero-order valence-corrected chi connectivity index (χ0v) is 23.0. The predicted molar refractivity (Wildman–Crippen MR) is 148 cm³/mol. The monoisotopic (exact) mass is 535 g/mol. The van der Waals surface area contributed by atoms with E-state index in [1.54, 1.807) is 41.3 Å². The Kier molecular flexibility index (Phi) is 8.44. The minimum atomic E-state index is -0.901. The summed E-state index contributed by atoms with van der Waals surface area (Å²) in [6.45, 7) is 5.61. The van der Waals surface area contributed by atoms with Crippen molar-refractivity contribution in [2.75, 3.05) is 13.7 Å². The molecule has 0 unspecified atom stereocenters. The molecular weight excluding hydrogens is 502 g/mol. The molecule has 1 aliphatic carbocycles. The van der Waals surface area contributed by atoms with Crippen LogP contribution in [0.5, 0.6) is 0 Å². The number of halogens is 1. The van der Waals surface area contributed by atoms with Gasteiger partial charge in [-0.1, -0.05) is 54.1 Å². The number of hydrogen-bond donors (Lipinski definition) is 1. The smallest absolute Gasteiger partial charge is 0.410 e. The molecule has 38 heavy (non-hydrogen) atoms. The van der Waals surface area contributed by atoms with Crippen LogP contribution < -0.4 is 0 Å². The summed E-state index contributed by atoms with van der Waals surface area (Å²) in [5, 5.41) is 11.6. The number of hydrogen-bond acceptors (Lipinski definition) is 5. The van der Waals surface area contributed by atoms with Crippen LogP contribution in [0.25, 0.3) is 11.1 Å². The molecule has 0 aliphatic heterocycles. The Labute approximate surface area is 229 Å². The molecule has 0 radical (unpaired) electrons. The Hall–Kier alpha value is -3.35. The van der Waals surface area contributed by atoms with E-state index in [0.29, 0.717) is 22.6 Å². The molecule has 7 heteroatoms. The average molecular weight is 536 g/mol. The van der Waals surface area contributed by atoms with Gasteiger partial charge in [-0.15, -0.1) is 0 Å². The standard InChI is InChI=1S/C31H34ClNO5/c1-31(2,3)38-30(36)33(19-28(34)24-6-5-7-26(32)17-24)27-15-14-21-10-13-23(16-25(21)18-27)20-8-11-22(12-9-20)29(35)37-4/h5-13,16-17,27-28,34H,14-15,18-19H2,1-4H3/t27-,28+/m0/s1. The predicted octanol–water partition coefficient (Wildman–Crippen LogP) is 6.62. The number of aliphatic hydroxyl groups excluding tert-OH is 1. The highest BCUT2D eigenvalue weighted by Crippen LogP contribution is 2.31. The zero-order chi connectivity index (χ0) is 27.4. The molecule has 0 heterocycles. The second-order valence-electron chi connectivity index (χ2n) is 10.7. The van der Waals surface area contributed by atoms with Gasteiger partial charge in [0.05, 0.1) is 25.3 Å². The molecule has 1 aliphatic rings. The third kappa shape index (κ3) is 6.74. The Balaban J connectivity index is 1.58. The quantitative estimate of drug-likeness (QED) is 0.359. The summed E-state index contributed by atoms with van der Waals surface area (Å²) in [5.74, 6) is -0.368. The number of aryl methyl sites for hydroxylation is 1. The van der Waals surface area contributed by atoms with Gasteiger partial charge in [-0.05, 0) is 92.1 Å². The van der Waals surface area contributed by atoms with Crippen LogP contribution in [0, 0.1) is 0 Å². The number of methoxy groups -OCH3 is 1. The lowest BCUT2D eigenvalue weighted by Gasteiger charge is -2.37. The fourth-order valence-corrected chi connectivity index (χ4v) is 5.00. The topological polar surface area (TPSA) is 76.1 Å². The Morgan fingerprint density at radius 3 is 2.39 bits per heavy atom. The minimum Gasteiger partial charge on any atom is -0.465 e. The van der Waals surface area contributed by atoms with Gasteiger partial charge in [0, 0.05) is 11.1 Å². The summed E-state index contributed by atoms with van der Waals surface area (Å²) in [7, 11) is 1.37. The molecule has 1 amide bonds. The SMILES string of the molecule is COC(=O)c1ccc(-c2ccc3c(c2)C[C@@H](N(C[C@@H](O)c2cccc(Cl)c2)C(=O)OC(C)(C)C)CC3)cc1. The summed E-state index contributed by atoms with van der Waals surface area (Å²) in [5.41, 5.74) is 4.91. The van der Waals surface area contributed by atoms with Crippen molar-refractivity contribution >= 4 is 23.7 Å². The van der Waals surface area contributed by atoms with Crippen LogP contribution in [0.4, 0.5) is 4.79 Å². The van der Waals surface area contributed by atoms with E-state index in [1.165, 1.54) is 12.7 Å². The number of esters is 1. The van der Waals surface area contributed by atoms with Crippen molar-refractivity contribution in [2.45, 2.75) is 57.8 Å². The van der Waals surface area contributed by atoms with Crippen molar-refractivity contribution < 1.29 is 24.2 Å². The maximum Gasteiger partial charge on any atom is 0.410 e. The highest BCUT2D eigenvalue weighted by molar-refractivity contribution is 6.30. The average Bonchev–Trinajstić information content (AvgIpc) is 2.89. The molecular formula is C31H34ClNO5. The van der Waals surface area contributed by atoms with E-state index in [4.69, 9.17) is 21.1 Å². The minimum absolute atomic E-state index is 0.101. The molecule has 0 saturated carbocycles. The lowest BCUT2D eigenvalue weighted by atomic mass is 9.85. The first kappa shape index (κ1) is 27.7. The van der Waals surface area contributed by atoms with Crippen LogP contribution in [-0.2, 0) is 22.3 Å². The van der Waals surface area contributed by atoms with Gasteiger partial charge in [-0.3, -0.25) is 0 Å². The number of amides is 1. The molecule has 0 spiro atoms. The maximum absolute atomic E-state index is 13.3. The van der Waals surface area contributed by atoms with Gasteiger partial charge in [-0.2, -0.15) is 0 Å². The molecule has 0 saturated heterocycles. The van der Waals surface area contributed by atoms with Crippen molar-refractivity contribution in [3.8, 4) is 11.1 Å². The van der Waals surface area contributed by atoms with Gasteiger partial charge in [-0.25, -0.2) is 9.59 Å². The Bertz CT molecular complexity index is 1300. The first-order valence-corrected chi connectivity index (χ1v) is 13.2. The van der Waals surface area contributed by atoms with E-state index in [9.17, 15) is 14.7 Å². The highest BCUT2D eigenvalue weighted by atomic mass is 35.5. The molecule has 0 aromatic heterocycles. The van der Waals surface area contributed by atoms with Crippen LogP contribution >= 0.6 is 11.6 Å². The van der Waals surface area contributed by atoms with Gasteiger partial charge in [0.1, 0.15) is 5.60 Å². The lowest BCUT2D eigenvalue weighted by molar-refractivity contribution is 0.00195. The number of rotatable bonds is 6. The first-order valence-electron chi connectivity index (χ1n) is 12.8. The Morgan fingerprint density at radius 1 is 1.03 bits per heavy atom. The van der Waals surface area contributed by atoms with E-state index in [2.05, 4.69) is 18.2 Å². The van der Waals surface area contributed by atoms with Crippen LogP contribution in [0.2, 0.25) is 5.02 Å². The van der Waals surface area contributed by atoms with E-state index >= 15 is 0 Å². The molecule has 2 atom stereocenters. The van der Waals surface area contributed by atoms with Crippen LogP contribution in [0.3, 0.4) is 0 Å². The number of ether oxygens (including phenoxy) is 2. The van der Waals surface area contributed by atoms with Crippen molar-refractivity contribution in [3.05, 3.63) is 94.0 Å². The molecule has 200 valence electrons. The number of carbonyl (C=O) groups excluding carboxylic acids is 2. The normalized spacial score (nSPS) is 15.8. The van der Waals surface area contributed by atoms with E-state index in [0.717, 1.165) is 29.5 Å². The maximum atomic E-state index is 13.3. The third-order valence-electron chi connectivity index (χ3n) is 6.72.